The van der Waals surface area contributed by atoms with Gasteiger partial charge in [-0.2, -0.15) is 0 Å². The number of hydrogen-bond acceptors (Lipinski definition) is 2. The Bertz CT molecular complexity index is 396. The molecule has 2 aliphatic heterocycles. The Kier molecular flexibility index (Phi) is 3.55. The van der Waals surface area contributed by atoms with E-state index in [0.29, 0.717) is 12.0 Å². The minimum absolute atomic E-state index is 0.681. The van der Waals surface area contributed by atoms with Crippen LogP contribution in [0.4, 0.5) is 0 Å². The number of nitrogens with one attached hydrogen (secondary N) is 1. The lowest BCUT2D eigenvalue weighted by Gasteiger charge is -2.33. The second-order valence-corrected chi connectivity index (χ2v) is 5.90. The number of piperidine rings is 1. The van der Waals surface area contributed by atoms with Crippen LogP contribution in [0.1, 0.15) is 44.1 Å². The van der Waals surface area contributed by atoms with E-state index in [9.17, 15) is 0 Å². The van der Waals surface area contributed by atoms with Crippen molar-refractivity contribution in [3.8, 4) is 5.75 Å². The van der Waals surface area contributed by atoms with Crippen molar-refractivity contribution in [2.45, 2.75) is 44.6 Å². The van der Waals surface area contributed by atoms with Crippen LogP contribution in [0, 0.1) is 5.92 Å². The predicted molar refractivity (Wildman–Crippen MR) is 74.1 cm³/mol. The van der Waals surface area contributed by atoms with E-state index in [2.05, 4.69) is 36.5 Å². The van der Waals surface area contributed by atoms with Gasteiger partial charge in [-0.3, -0.25) is 0 Å². The zero-order valence-corrected chi connectivity index (χ0v) is 11.2. The number of para-hydroxylation sites is 1. The summed E-state index contributed by atoms with van der Waals surface area (Å²) in [5, 5.41) is 3.71. The molecule has 0 bridgehead atoms. The Labute approximate surface area is 110 Å². The maximum Gasteiger partial charge on any atom is 0.122 e. The van der Waals surface area contributed by atoms with Gasteiger partial charge in [-0.25, -0.2) is 0 Å². The van der Waals surface area contributed by atoms with Crippen LogP contribution in [0.15, 0.2) is 24.3 Å². The first-order valence-corrected chi connectivity index (χ1v) is 7.28. The third kappa shape index (κ3) is 2.54. The van der Waals surface area contributed by atoms with Gasteiger partial charge in [-0.05, 0) is 55.7 Å². The molecule has 1 aromatic rings. The highest BCUT2D eigenvalue weighted by molar-refractivity contribution is 5.37. The SMILES string of the molecule is CC1CCC(CC2CCOc3ccccc32)NC1. The molecule has 0 aliphatic carbocycles. The van der Waals surface area contributed by atoms with Crippen molar-refractivity contribution in [2.24, 2.45) is 5.92 Å². The van der Waals surface area contributed by atoms with Crippen LogP contribution in [0.2, 0.25) is 0 Å². The molecule has 2 aliphatic rings. The summed E-state index contributed by atoms with van der Waals surface area (Å²) in [6, 6.07) is 9.26. The van der Waals surface area contributed by atoms with E-state index in [4.69, 9.17) is 4.74 Å². The average Bonchev–Trinajstić information content (AvgIpc) is 2.42. The molecule has 18 heavy (non-hydrogen) atoms. The van der Waals surface area contributed by atoms with Crippen LogP contribution < -0.4 is 10.1 Å². The molecular formula is C16H23NO. The van der Waals surface area contributed by atoms with E-state index in [1.54, 1.807) is 0 Å². The lowest BCUT2D eigenvalue weighted by Crippen LogP contribution is -2.39. The van der Waals surface area contributed by atoms with Crippen molar-refractivity contribution in [3.63, 3.8) is 0 Å². The number of rotatable bonds is 2. The Morgan fingerprint density at radius 1 is 1.22 bits per heavy atom. The molecule has 1 N–H and O–H groups in total. The van der Waals surface area contributed by atoms with Crippen molar-refractivity contribution in [1.82, 2.24) is 5.32 Å². The molecule has 3 unspecified atom stereocenters. The van der Waals surface area contributed by atoms with Gasteiger partial charge in [0.2, 0.25) is 0 Å². The van der Waals surface area contributed by atoms with E-state index in [-0.39, 0.29) is 0 Å². The van der Waals surface area contributed by atoms with Crippen LogP contribution in [0.3, 0.4) is 0 Å². The van der Waals surface area contributed by atoms with Crippen LogP contribution in [0.5, 0.6) is 5.75 Å². The Morgan fingerprint density at radius 2 is 2.11 bits per heavy atom. The van der Waals surface area contributed by atoms with Crippen LogP contribution in [0.25, 0.3) is 0 Å². The molecule has 0 aromatic heterocycles. The summed E-state index contributed by atoms with van der Waals surface area (Å²) >= 11 is 0. The number of ether oxygens (including phenoxy) is 1. The van der Waals surface area contributed by atoms with Gasteiger partial charge < -0.3 is 10.1 Å². The van der Waals surface area contributed by atoms with Crippen molar-refractivity contribution in [1.29, 1.82) is 0 Å². The van der Waals surface area contributed by atoms with Crippen molar-refractivity contribution in [2.75, 3.05) is 13.2 Å². The van der Waals surface area contributed by atoms with E-state index < -0.39 is 0 Å². The van der Waals surface area contributed by atoms with Gasteiger partial charge in [-0.15, -0.1) is 0 Å². The molecule has 98 valence electrons. The molecule has 1 fully saturated rings. The second kappa shape index (κ2) is 5.31. The van der Waals surface area contributed by atoms with E-state index >= 15 is 0 Å². The molecule has 1 aromatic carbocycles. The minimum atomic E-state index is 0.681. The molecule has 2 nitrogen and oxygen atoms in total. The molecular weight excluding hydrogens is 222 g/mol. The third-order valence-electron chi connectivity index (χ3n) is 4.41. The van der Waals surface area contributed by atoms with Crippen LogP contribution in [-0.2, 0) is 0 Å². The summed E-state index contributed by atoms with van der Waals surface area (Å²) in [5.41, 5.74) is 1.42. The molecule has 0 amide bonds. The highest BCUT2D eigenvalue weighted by atomic mass is 16.5. The lowest BCUT2D eigenvalue weighted by molar-refractivity contribution is 0.240. The summed E-state index contributed by atoms with van der Waals surface area (Å²) in [5.74, 6) is 2.64. The fourth-order valence-electron chi connectivity index (χ4n) is 3.26. The third-order valence-corrected chi connectivity index (χ3v) is 4.41. The largest absolute Gasteiger partial charge is 0.493 e. The van der Waals surface area contributed by atoms with Crippen molar-refractivity contribution < 1.29 is 4.74 Å². The predicted octanol–water partition coefficient (Wildman–Crippen LogP) is 3.33. The second-order valence-electron chi connectivity index (χ2n) is 5.90. The standard InChI is InChI=1S/C16H23NO/c1-12-6-7-14(17-11-12)10-13-8-9-18-16-5-3-2-4-15(13)16/h2-5,12-14,17H,6-11H2,1H3. The highest BCUT2D eigenvalue weighted by Crippen LogP contribution is 2.37. The molecule has 2 heterocycles. The molecule has 3 rings (SSSR count). The summed E-state index contributed by atoms with van der Waals surface area (Å²) in [7, 11) is 0. The molecule has 2 heteroatoms. The smallest absolute Gasteiger partial charge is 0.122 e. The topological polar surface area (TPSA) is 21.3 Å². The first-order valence-electron chi connectivity index (χ1n) is 7.28. The first-order chi connectivity index (χ1) is 8.83. The van der Waals surface area contributed by atoms with Gasteiger partial charge in [0, 0.05) is 6.04 Å². The summed E-state index contributed by atoms with van der Waals surface area (Å²) < 4.78 is 5.74. The zero-order valence-electron chi connectivity index (χ0n) is 11.2. The Balaban J connectivity index is 1.67. The fourth-order valence-corrected chi connectivity index (χ4v) is 3.26. The Hall–Kier alpha value is -1.02. The van der Waals surface area contributed by atoms with Gasteiger partial charge >= 0.3 is 0 Å². The van der Waals surface area contributed by atoms with Crippen molar-refractivity contribution in [3.05, 3.63) is 29.8 Å². The molecule has 0 spiro atoms. The maximum absolute atomic E-state index is 5.74. The number of benzene rings is 1. The summed E-state index contributed by atoms with van der Waals surface area (Å²) in [4.78, 5) is 0. The number of hydrogen-bond donors (Lipinski definition) is 1. The Morgan fingerprint density at radius 3 is 2.94 bits per heavy atom. The lowest BCUT2D eigenvalue weighted by atomic mass is 9.84. The molecule has 0 radical (unpaired) electrons. The van der Waals surface area contributed by atoms with Gasteiger partial charge in [0.25, 0.3) is 0 Å². The average molecular weight is 245 g/mol. The van der Waals surface area contributed by atoms with Crippen LogP contribution in [-0.4, -0.2) is 19.2 Å². The highest BCUT2D eigenvalue weighted by Gasteiger charge is 2.26. The van der Waals surface area contributed by atoms with Gasteiger partial charge in [-0.1, -0.05) is 25.1 Å². The zero-order chi connectivity index (χ0) is 12.4. The fraction of sp³-hybridized carbons (Fsp3) is 0.625. The van der Waals surface area contributed by atoms with Crippen molar-refractivity contribution >= 4 is 0 Å². The monoisotopic (exact) mass is 245 g/mol. The summed E-state index contributed by atoms with van der Waals surface area (Å²) in [6.07, 6.45) is 5.15. The normalized spacial score (nSPS) is 31.5. The number of fused-ring (bicyclic) bond motifs is 1. The van der Waals surface area contributed by atoms with Gasteiger partial charge in [0.15, 0.2) is 0 Å². The van der Waals surface area contributed by atoms with Gasteiger partial charge in [0.1, 0.15) is 5.75 Å². The van der Waals surface area contributed by atoms with Crippen LogP contribution >= 0.6 is 0 Å². The molecule has 3 atom stereocenters. The summed E-state index contributed by atoms with van der Waals surface area (Å²) in [6.45, 7) is 4.41. The molecule has 0 saturated carbocycles. The van der Waals surface area contributed by atoms with Gasteiger partial charge in [0.05, 0.1) is 6.61 Å². The maximum atomic E-state index is 5.74. The van der Waals surface area contributed by atoms with E-state index in [1.165, 1.54) is 37.8 Å². The van der Waals surface area contributed by atoms with E-state index in [1.807, 2.05) is 0 Å². The van der Waals surface area contributed by atoms with E-state index in [0.717, 1.165) is 18.3 Å². The first kappa shape index (κ1) is 12.0. The minimum Gasteiger partial charge on any atom is -0.493 e. The quantitative estimate of drug-likeness (QED) is 0.863. The molecule has 1 saturated heterocycles.